The second kappa shape index (κ2) is 21.8. The average molecular weight is 1060 g/mol. The summed E-state index contributed by atoms with van der Waals surface area (Å²) >= 11 is 0. The van der Waals surface area contributed by atoms with Crippen molar-refractivity contribution in [1.29, 1.82) is 0 Å². The summed E-state index contributed by atoms with van der Waals surface area (Å²) in [6.07, 6.45) is 14.1. The van der Waals surface area contributed by atoms with Gasteiger partial charge in [0.1, 0.15) is 22.1 Å². The normalized spacial score (nSPS) is 21.7. The van der Waals surface area contributed by atoms with Crippen molar-refractivity contribution in [2.75, 3.05) is 56.6 Å². The Kier molecular flexibility index (Phi) is 15.1. The quantitative estimate of drug-likeness (QED) is 0.0628. The summed E-state index contributed by atoms with van der Waals surface area (Å²) in [5, 5.41) is 16.5. The number of aliphatic hydroxyl groups is 1. The van der Waals surface area contributed by atoms with Crippen molar-refractivity contribution in [3.8, 4) is 29.7 Å². The molecule has 0 radical (unpaired) electrons. The summed E-state index contributed by atoms with van der Waals surface area (Å²) in [5.74, 6) is 1.44. The number of piperazine rings is 1. The number of methoxy groups -OCH3 is 1. The van der Waals surface area contributed by atoms with E-state index in [1.165, 1.54) is 47.6 Å². The summed E-state index contributed by atoms with van der Waals surface area (Å²) < 4.78 is 57.1. The summed E-state index contributed by atoms with van der Waals surface area (Å²) in [4.78, 5) is 42.1. The number of nitrogens with one attached hydrogen (secondary N) is 2. The van der Waals surface area contributed by atoms with E-state index in [0.717, 1.165) is 82.9 Å². The van der Waals surface area contributed by atoms with Crippen LogP contribution < -0.4 is 24.4 Å². The van der Waals surface area contributed by atoms with E-state index in [1.807, 2.05) is 0 Å². The molecule has 1 amide bonds. The number of amides is 1. The number of benzene rings is 3. The first-order chi connectivity index (χ1) is 37.0. The molecule has 5 aliphatic rings. The van der Waals surface area contributed by atoms with Gasteiger partial charge in [0.25, 0.3) is 21.8 Å². The lowest BCUT2D eigenvalue weighted by atomic mass is 9.59. The molecule has 4 fully saturated rings. The van der Waals surface area contributed by atoms with Crippen molar-refractivity contribution >= 4 is 44.5 Å². The number of nitroso groups, excluding NO2 is 1. The van der Waals surface area contributed by atoms with Crippen LogP contribution in [0.3, 0.4) is 0 Å². The van der Waals surface area contributed by atoms with Gasteiger partial charge >= 0.3 is 0 Å². The zero-order valence-corrected chi connectivity index (χ0v) is 45.0. The van der Waals surface area contributed by atoms with Gasteiger partial charge in [0.2, 0.25) is 0 Å². The summed E-state index contributed by atoms with van der Waals surface area (Å²) in [6, 6.07) is 26.0. The number of carbonyl (C=O) groups is 1. The third kappa shape index (κ3) is 11.3. The molecule has 5 aromatic rings. The third-order valence-electron chi connectivity index (χ3n) is 16.7. The van der Waals surface area contributed by atoms with Crippen LogP contribution in [0.25, 0.3) is 11.4 Å². The molecule has 0 bridgehead atoms. The molecule has 17 heteroatoms. The van der Waals surface area contributed by atoms with Gasteiger partial charge in [-0.05, 0) is 133 Å². The predicted octanol–water partition coefficient (Wildman–Crippen LogP) is 10.8. The molecular weight excluding hydrogens is 996 g/mol. The molecule has 10 rings (SSSR count). The molecule has 4 heterocycles. The maximum Gasteiger partial charge on any atom is 0.268 e. The largest absolute Gasteiger partial charge is 0.478 e. The van der Waals surface area contributed by atoms with E-state index in [4.69, 9.17) is 15.9 Å². The monoisotopic (exact) mass is 1060 g/mol. The van der Waals surface area contributed by atoms with Crippen molar-refractivity contribution in [2.24, 2.45) is 16.5 Å². The van der Waals surface area contributed by atoms with Crippen LogP contribution in [0.5, 0.6) is 17.4 Å². The van der Waals surface area contributed by atoms with Gasteiger partial charge in [0, 0.05) is 81.4 Å². The zero-order valence-electron chi connectivity index (χ0n) is 44.2. The smallest absolute Gasteiger partial charge is 0.268 e. The minimum absolute atomic E-state index is 0.00378. The van der Waals surface area contributed by atoms with Crippen LogP contribution in [0.1, 0.15) is 121 Å². The second-order valence-corrected chi connectivity index (χ2v) is 23.7. The molecule has 0 unspecified atom stereocenters. The van der Waals surface area contributed by atoms with Crippen molar-refractivity contribution in [1.82, 2.24) is 24.5 Å². The number of terminal acetylenes is 1. The zero-order chi connectivity index (χ0) is 54.2. The van der Waals surface area contributed by atoms with Crippen molar-refractivity contribution in [3.63, 3.8) is 0 Å². The first-order valence-corrected chi connectivity index (χ1v) is 28.1. The van der Waals surface area contributed by atoms with Crippen LogP contribution in [0.2, 0.25) is 0 Å². The van der Waals surface area contributed by atoms with Crippen LogP contribution in [0.15, 0.2) is 108 Å². The van der Waals surface area contributed by atoms with Gasteiger partial charge in [-0.2, -0.15) is 0 Å². The van der Waals surface area contributed by atoms with Crippen LogP contribution in [0, 0.1) is 35.5 Å². The van der Waals surface area contributed by atoms with Gasteiger partial charge in [0.05, 0.1) is 18.4 Å². The molecule has 2 aromatic heterocycles. The van der Waals surface area contributed by atoms with Crippen LogP contribution in [-0.4, -0.2) is 97.2 Å². The molecule has 3 N–H and O–H groups in total. The number of fused-ring (bicyclic) bond motifs is 1. The molecule has 3 aliphatic carbocycles. The number of piperidine rings is 1. The molecule has 2 aliphatic heterocycles. The fourth-order valence-electron chi connectivity index (χ4n) is 12.1. The van der Waals surface area contributed by atoms with E-state index in [9.17, 15) is 23.2 Å². The Balaban J connectivity index is 0.854. The highest BCUT2D eigenvalue weighted by molar-refractivity contribution is 7.90. The van der Waals surface area contributed by atoms with Gasteiger partial charge < -0.3 is 24.8 Å². The van der Waals surface area contributed by atoms with Crippen molar-refractivity contribution < 1.29 is 32.2 Å². The van der Waals surface area contributed by atoms with Gasteiger partial charge in [0.15, 0.2) is 17.3 Å². The Morgan fingerprint density at radius 3 is 2.44 bits per heavy atom. The summed E-state index contributed by atoms with van der Waals surface area (Å²) in [6.45, 7) is 16.4. The van der Waals surface area contributed by atoms with Crippen molar-refractivity contribution in [2.45, 2.75) is 107 Å². The van der Waals surface area contributed by atoms with Crippen LogP contribution >= 0.6 is 0 Å². The molecule has 15 nitrogen and oxygen atoms in total. The van der Waals surface area contributed by atoms with Crippen LogP contribution in [0.4, 0.5) is 21.6 Å². The number of hydrogen-bond acceptors (Lipinski definition) is 14. The predicted molar refractivity (Wildman–Crippen MR) is 297 cm³/mol. The fraction of sp³-hybridized carbons (Fsp3) is 0.417. The Labute approximate surface area is 451 Å². The van der Waals surface area contributed by atoms with E-state index in [2.05, 4.69) is 122 Å². The SMILES string of the molecule is C#C[C@]1(O)CC[C@H](CNc2ncc(S(=O)(=O)NC(=O)c3ccc(N4CCC5(CC4)CC(N4CCN(Cc6ccc(C)cc6)C[C@H]4c4ccccc4C(C)C)C5)cc3Oc3cc4c(nc3OC)C(=C)C=C4F)cc2N=O)CC1. The standard InChI is InChI=1S/C60H67FN8O7S/c1-7-60(71)20-18-41(19-21-60)34-62-56-51(65-72)30-45(35-63-56)77(73,74)66-57(70)48-17-16-43(29-53(48)76-54-31-49-50(61)28-40(5)55(49)64-58(54)75-6)68-24-22-59(23-25-68)32-44(33-59)69-27-26-67(36-42-14-12-39(4)13-15-42)37-52(69)47-11-9-8-10-46(47)38(2)3/h1,8-17,28-31,35,38,41,44,52,71H,5,18-27,32-34,36-37H2,2-4,6H3,(H,62,63)(H,66,70)/t41-,52-,60-/m0/s1. The van der Waals surface area contributed by atoms with Crippen molar-refractivity contribution in [3.05, 3.63) is 142 Å². The Morgan fingerprint density at radius 2 is 1.74 bits per heavy atom. The molecular formula is C60H67FN8O7S. The van der Waals surface area contributed by atoms with E-state index in [-0.39, 0.29) is 63.1 Å². The van der Waals surface area contributed by atoms with Gasteiger partial charge in [-0.1, -0.05) is 80.4 Å². The number of ether oxygens (including phenoxy) is 2. The molecule has 2 saturated carbocycles. The number of nitrogens with zero attached hydrogens (tertiary/aromatic N) is 6. The van der Waals surface area contributed by atoms with E-state index in [0.29, 0.717) is 49.8 Å². The topological polar surface area (TPSA) is 179 Å². The highest BCUT2D eigenvalue weighted by Crippen LogP contribution is 2.54. The first-order valence-electron chi connectivity index (χ1n) is 26.7. The second-order valence-electron chi connectivity index (χ2n) is 22.1. The highest BCUT2D eigenvalue weighted by atomic mass is 32.2. The molecule has 2 saturated heterocycles. The molecule has 3 aromatic carbocycles. The lowest BCUT2D eigenvalue weighted by Crippen LogP contribution is -2.60. The van der Waals surface area contributed by atoms with Gasteiger partial charge in [-0.3, -0.25) is 14.6 Å². The maximum atomic E-state index is 15.2. The Morgan fingerprint density at radius 1 is 1.00 bits per heavy atom. The number of aromatic nitrogens is 2. The number of anilines is 2. The summed E-state index contributed by atoms with van der Waals surface area (Å²) in [5.41, 5.74) is 5.61. The number of rotatable bonds is 16. The number of hydrogen-bond donors (Lipinski definition) is 3. The first kappa shape index (κ1) is 53.4. The van der Waals surface area contributed by atoms with E-state index in [1.54, 1.807) is 12.1 Å². The van der Waals surface area contributed by atoms with E-state index < -0.39 is 32.3 Å². The van der Waals surface area contributed by atoms with Crippen LogP contribution in [-0.2, 0) is 16.6 Å². The van der Waals surface area contributed by atoms with E-state index >= 15 is 4.39 Å². The lowest BCUT2D eigenvalue weighted by Gasteiger charge is -2.58. The highest BCUT2D eigenvalue weighted by Gasteiger charge is 2.50. The average Bonchev–Trinajstić information content (AvgIpc) is 3.72. The minimum Gasteiger partial charge on any atom is -0.478 e. The number of aryl methyl sites for hydroxylation is 1. The molecule has 77 heavy (non-hydrogen) atoms. The number of pyridine rings is 2. The fourth-order valence-corrected chi connectivity index (χ4v) is 13.0. The molecule has 1 spiro atoms. The van der Waals surface area contributed by atoms with Gasteiger partial charge in [-0.15, -0.1) is 11.3 Å². The lowest BCUT2D eigenvalue weighted by molar-refractivity contribution is -0.0628. The Bertz CT molecular complexity index is 3260. The maximum absolute atomic E-state index is 15.2. The number of carbonyl (C=O) groups excluding carboxylic acids is 1. The number of sulfonamides is 1. The Hall–Kier alpha value is -6.97. The number of allylic oxidation sites excluding steroid dienone is 2. The van der Waals surface area contributed by atoms with Gasteiger partial charge in [-0.25, -0.2) is 27.5 Å². The minimum atomic E-state index is -4.64. The third-order valence-corrected chi connectivity index (χ3v) is 18.0. The number of halogens is 1. The molecule has 402 valence electrons. The summed E-state index contributed by atoms with van der Waals surface area (Å²) in [7, 11) is -3.25. The molecule has 1 atom stereocenters.